The first-order chi connectivity index (χ1) is 14.5. The summed E-state index contributed by atoms with van der Waals surface area (Å²) in [4.78, 5) is 23.1. The number of carboxylic acid groups (broad SMARTS) is 1. The predicted octanol–water partition coefficient (Wildman–Crippen LogP) is 4.26. The zero-order valence-corrected chi connectivity index (χ0v) is 16.7. The molecule has 0 radical (unpaired) electrons. The van der Waals surface area contributed by atoms with Crippen LogP contribution in [-0.2, 0) is 24.2 Å². The maximum Gasteiger partial charge on any atom is 0.303 e. The Hall–Kier alpha value is -3.68. The van der Waals surface area contributed by atoms with Crippen LogP contribution in [0.1, 0.15) is 29.7 Å². The number of hydrogen-bond acceptors (Lipinski definition) is 5. The number of carbonyl (C=O) groups is 1. The number of carboxylic acids is 1. The number of aromatic nitrogens is 2. The second kappa shape index (κ2) is 9.69. The number of phenolic OH excluding ortho intramolecular Hbond substituents is 1. The van der Waals surface area contributed by atoms with E-state index in [1.54, 1.807) is 19.1 Å². The zero-order valence-electron chi connectivity index (χ0n) is 16.7. The quantitative estimate of drug-likeness (QED) is 0.458. The molecule has 1 aromatic heterocycles. The molecule has 0 saturated carbocycles. The fourth-order valence-electron chi connectivity index (χ4n) is 3.15. The molecule has 3 N–H and O–H groups in total. The topological polar surface area (TPSA) is 120 Å². The monoisotopic (exact) mass is 408 g/mol. The van der Waals surface area contributed by atoms with Crippen molar-refractivity contribution in [1.29, 1.82) is 0 Å². The number of H-pyrrole nitrogens is 1. The molecule has 0 spiro atoms. The van der Waals surface area contributed by atoms with Crippen molar-refractivity contribution >= 4 is 17.3 Å². The molecule has 0 aliphatic carbocycles. The molecule has 30 heavy (non-hydrogen) atoms. The van der Waals surface area contributed by atoms with Crippen LogP contribution < -0.4 is 5.56 Å². The van der Waals surface area contributed by atoms with Gasteiger partial charge in [0, 0.05) is 13.0 Å². The van der Waals surface area contributed by atoms with Crippen LogP contribution in [0.5, 0.6) is 5.75 Å². The van der Waals surface area contributed by atoms with Gasteiger partial charge in [0.25, 0.3) is 5.56 Å². The molecule has 0 atom stereocenters. The van der Waals surface area contributed by atoms with Gasteiger partial charge in [0.15, 0.2) is 5.69 Å². The molecule has 0 fully saturated rings. The summed E-state index contributed by atoms with van der Waals surface area (Å²) in [6.07, 6.45) is 1.74. The number of hydrogen-bond donors (Lipinski definition) is 3. The van der Waals surface area contributed by atoms with Crippen molar-refractivity contribution in [2.45, 2.75) is 39.2 Å². The molecule has 0 bridgehead atoms. The molecule has 1 heterocycles. The highest BCUT2D eigenvalue weighted by Crippen LogP contribution is 2.32. The standard InChI is InChI=1S/C22H24N4O4/c1-15-20(22(30)26(25-15)14-6-11-19(27)28)24-23-18-10-5-9-17(21(18)29)13-12-16-7-3-2-4-8-16/h2-5,7-10,25,29H,6,11-14H2,1H3,(H,27,28). The van der Waals surface area contributed by atoms with Crippen LogP contribution in [0.15, 0.2) is 63.6 Å². The van der Waals surface area contributed by atoms with Gasteiger partial charge in [-0.1, -0.05) is 42.5 Å². The van der Waals surface area contributed by atoms with Crippen LogP contribution in [0.4, 0.5) is 11.4 Å². The Bertz CT molecular complexity index is 1100. The van der Waals surface area contributed by atoms with Crippen molar-refractivity contribution in [1.82, 2.24) is 9.78 Å². The third-order valence-corrected chi connectivity index (χ3v) is 4.76. The molecular formula is C22H24N4O4. The lowest BCUT2D eigenvalue weighted by atomic mass is 10.0. The van der Waals surface area contributed by atoms with Gasteiger partial charge >= 0.3 is 5.97 Å². The number of phenols is 1. The minimum Gasteiger partial charge on any atom is -0.505 e. The summed E-state index contributed by atoms with van der Waals surface area (Å²) in [6, 6.07) is 15.3. The largest absolute Gasteiger partial charge is 0.505 e. The maximum absolute atomic E-state index is 12.5. The molecule has 0 amide bonds. The molecule has 0 aliphatic heterocycles. The highest BCUT2D eigenvalue weighted by Gasteiger charge is 2.12. The van der Waals surface area contributed by atoms with Crippen LogP contribution in [0.2, 0.25) is 0 Å². The predicted molar refractivity (Wildman–Crippen MR) is 113 cm³/mol. The first kappa shape index (κ1) is 21.0. The lowest BCUT2D eigenvalue weighted by Gasteiger charge is -2.06. The van der Waals surface area contributed by atoms with Gasteiger partial charge in [0.05, 0.1) is 5.69 Å². The van der Waals surface area contributed by atoms with E-state index in [0.717, 1.165) is 12.0 Å². The van der Waals surface area contributed by atoms with E-state index in [4.69, 9.17) is 5.11 Å². The zero-order chi connectivity index (χ0) is 21.5. The Morgan fingerprint density at radius 3 is 2.57 bits per heavy atom. The lowest BCUT2D eigenvalue weighted by Crippen LogP contribution is -2.17. The van der Waals surface area contributed by atoms with Crippen molar-refractivity contribution in [3.63, 3.8) is 0 Å². The fraction of sp³-hybridized carbons (Fsp3) is 0.273. The van der Waals surface area contributed by atoms with Gasteiger partial charge in [-0.2, -0.15) is 0 Å². The van der Waals surface area contributed by atoms with Gasteiger partial charge in [-0.15, -0.1) is 10.2 Å². The highest BCUT2D eigenvalue weighted by atomic mass is 16.4. The molecular weight excluding hydrogens is 384 g/mol. The van der Waals surface area contributed by atoms with E-state index >= 15 is 0 Å². The Morgan fingerprint density at radius 1 is 1.07 bits per heavy atom. The van der Waals surface area contributed by atoms with Gasteiger partial charge < -0.3 is 10.2 Å². The van der Waals surface area contributed by atoms with E-state index in [1.165, 1.54) is 10.2 Å². The van der Waals surface area contributed by atoms with E-state index in [9.17, 15) is 14.7 Å². The van der Waals surface area contributed by atoms with Crippen LogP contribution in [0, 0.1) is 6.92 Å². The van der Waals surface area contributed by atoms with E-state index in [1.807, 2.05) is 36.4 Å². The summed E-state index contributed by atoms with van der Waals surface area (Å²) >= 11 is 0. The van der Waals surface area contributed by atoms with Crippen molar-refractivity contribution < 1.29 is 15.0 Å². The van der Waals surface area contributed by atoms with Crippen LogP contribution in [0.3, 0.4) is 0 Å². The van der Waals surface area contributed by atoms with Gasteiger partial charge in [0.1, 0.15) is 11.4 Å². The van der Waals surface area contributed by atoms with Crippen molar-refractivity contribution in [3.05, 3.63) is 75.7 Å². The van der Waals surface area contributed by atoms with E-state index in [2.05, 4.69) is 15.3 Å². The number of aryl methyl sites for hydroxylation is 4. The normalized spacial score (nSPS) is 11.2. The third-order valence-electron chi connectivity index (χ3n) is 4.76. The smallest absolute Gasteiger partial charge is 0.303 e. The molecule has 3 rings (SSSR count). The first-order valence-electron chi connectivity index (χ1n) is 9.73. The van der Waals surface area contributed by atoms with Crippen LogP contribution in [0.25, 0.3) is 0 Å². The average molecular weight is 408 g/mol. The van der Waals surface area contributed by atoms with E-state index in [0.29, 0.717) is 18.5 Å². The van der Waals surface area contributed by atoms with Crippen LogP contribution >= 0.6 is 0 Å². The summed E-state index contributed by atoms with van der Waals surface area (Å²) in [5.41, 5.74) is 2.51. The first-order valence-corrected chi connectivity index (χ1v) is 9.73. The average Bonchev–Trinajstić information content (AvgIpc) is 3.00. The van der Waals surface area contributed by atoms with E-state index in [-0.39, 0.29) is 35.6 Å². The molecule has 156 valence electrons. The summed E-state index contributed by atoms with van der Waals surface area (Å²) < 4.78 is 1.32. The number of rotatable bonds is 9. The molecule has 8 heteroatoms. The summed E-state index contributed by atoms with van der Waals surface area (Å²) in [6.45, 7) is 1.95. The number of aliphatic carboxylic acids is 1. The number of nitrogens with one attached hydrogen (secondary N) is 1. The maximum atomic E-state index is 12.5. The summed E-state index contributed by atoms with van der Waals surface area (Å²) in [7, 11) is 0. The summed E-state index contributed by atoms with van der Waals surface area (Å²) in [5.74, 6) is -0.860. The van der Waals surface area contributed by atoms with Gasteiger partial charge in [0.2, 0.25) is 0 Å². The fourth-order valence-corrected chi connectivity index (χ4v) is 3.15. The molecule has 3 aromatic rings. The molecule has 2 aromatic carbocycles. The van der Waals surface area contributed by atoms with Gasteiger partial charge in [-0.3, -0.25) is 19.4 Å². The Kier molecular flexibility index (Phi) is 6.79. The number of aromatic amines is 1. The molecule has 0 unspecified atom stereocenters. The molecule has 8 nitrogen and oxygen atoms in total. The van der Waals surface area contributed by atoms with Crippen molar-refractivity contribution in [2.75, 3.05) is 0 Å². The molecule has 0 aliphatic rings. The van der Waals surface area contributed by atoms with Gasteiger partial charge in [-0.25, -0.2) is 0 Å². The number of para-hydroxylation sites is 1. The number of nitrogens with zero attached hydrogens (tertiary/aromatic N) is 3. The second-order valence-electron chi connectivity index (χ2n) is 7.01. The Morgan fingerprint density at radius 2 is 1.83 bits per heavy atom. The minimum absolute atomic E-state index is 0.0228. The molecule has 0 saturated heterocycles. The number of azo groups is 1. The highest BCUT2D eigenvalue weighted by molar-refractivity contribution is 5.66. The van der Waals surface area contributed by atoms with Crippen molar-refractivity contribution in [3.8, 4) is 5.75 Å². The third kappa shape index (κ3) is 5.22. The Labute approximate surface area is 173 Å². The van der Waals surface area contributed by atoms with Crippen molar-refractivity contribution in [2.24, 2.45) is 10.2 Å². The van der Waals surface area contributed by atoms with Crippen LogP contribution in [-0.4, -0.2) is 26.0 Å². The minimum atomic E-state index is -0.908. The summed E-state index contributed by atoms with van der Waals surface area (Å²) in [5, 5.41) is 30.3. The second-order valence-corrected chi connectivity index (χ2v) is 7.01. The number of aromatic hydroxyl groups is 1. The van der Waals surface area contributed by atoms with Gasteiger partial charge in [-0.05, 0) is 43.4 Å². The lowest BCUT2D eigenvalue weighted by molar-refractivity contribution is -0.137. The van der Waals surface area contributed by atoms with E-state index < -0.39 is 5.97 Å². The Balaban J connectivity index is 1.74. The SMILES string of the molecule is Cc1[nH]n(CCCC(=O)O)c(=O)c1N=Nc1cccc(CCc2ccccc2)c1O. The number of benzene rings is 2.